The van der Waals surface area contributed by atoms with Gasteiger partial charge in [-0.15, -0.1) is 0 Å². The van der Waals surface area contributed by atoms with E-state index in [4.69, 9.17) is 0 Å². The van der Waals surface area contributed by atoms with E-state index in [1.54, 1.807) is 0 Å². The minimum atomic E-state index is 0. The van der Waals surface area contributed by atoms with Crippen molar-refractivity contribution in [1.29, 1.82) is 0 Å². The van der Waals surface area contributed by atoms with Crippen LogP contribution in [0.1, 0.15) is 0 Å². The zero-order chi connectivity index (χ0) is 0. The van der Waals surface area contributed by atoms with Crippen LogP contribution in [0.4, 0.5) is 0 Å². The van der Waals surface area contributed by atoms with Crippen molar-refractivity contribution in [1.82, 2.24) is 0 Å². The Balaban J connectivity index is 0. The predicted molar refractivity (Wildman–Crippen MR) is 11.9 cm³/mol. The van der Waals surface area contributed by atoms with Crippen molar-refractivity contribution in [2.24, 2.45) is 0 Å². The molecule has 5 N–H and O–H groups in total. The second kappa shape index (κ2) is 444. The zero-order valence-electron chi connectivity index (χ0n) is 4.03. The zero-order valence-corrected chi connectivity index (χ0v) is 7.79. The Morgan fingerprint density at radius 3 is 0.556 bits per heavy atom. The van der Waals surface area contributed by atoms with E-state index < -0.39 is 0 Å². The number of hydrogen-bond donors (Lipinski definition) is 0. The van der Waals surface area contributed by atoms with Gasteiger partial charge in [0.15, 0.2) is 0 Å². The quantitative estimate of drug-likeness (QED) is 0.430. The summed E-state index contributed by atoms with van der Waals surface area (Å²) in [7, 11) is 0. The molecular formula is H5NbO7Ti. The second-order valence-electron chi connectivity index (χ2n) is 0. The number of rotatable bonds is 0. The van der Waals surface area contributed by atoms with Crippen molar-refractivity contribution < 1.29 is 82.4 Å². The molecule has 0 aromatic carbocycles. The van der Waals surface area contributed by atoms with E-state index in [9.17, 15) is 0 Å². The predicted octanol–water partition coefficient (Wildman–Crippen LogP) is -2.31. The summed E-state index contributed by atoms with van der Waals surface area (Å²) in [4.78, 5) is 0. The third-order valence-corrected chi connectivity index (χ3v) is 0. The van der Waals surface area contributed by atoms with E-state index in [0.29, 0.717) is 0 Å². The van der Waals surface area contributed by atoms with Crippen LogP contribution in [0.15, 0.2) is 0 Å². The molecule has 0 saturated heterocycles. The smallest absolute Gasteiger partial charge is 2.00 e. The molecule has 0 aromatic heterocycles. The summed E-state index contributed by atoms with van der Waals surface area (Å²) >= 11 is 0. The van der Waals surface area contributed by atoms with Gasteiger partial charge in [-0.3, -0.25) is 0 Å². The van der Waals surface area contributed by atoms with Crippen LogP contribution in [0.5, 0.6) is 0 Å². The summed E-state index contributed by atoms with van der Waals surface area (Å²) in [6.45, 7) is 0. The van der Waals surface area contributed by atoms with Gasteiger partial charge in [-0.05, 0) is 0 Å². The van der Waals surface area contributed by atoms with Crippen molar-refractivity contribution in [2.45, 2.75) is 0 Å². The van der Waals surface area contributed by atoms with Crippen molar-refractivity contribution in [3.05, 3.63) is 0 Å². The minimum Gasteiger partial charge on any atom is -2.00 e. The first-order valence-electron chi connectivity index (χ1n) is 0. The molecule has 0 radical (unpaired) electrons. The fourth-order valence-corrected chi connectivity index (χ4v) is 0. The first kappa shape index (κ1) is 621. The van der Waals surface area contributed by atoms with E-state index in [1.807, 2.05) is 0 Å². The molecule has 0 amide bonds. The summed E-state index contributed by atoms with van der Waals surface area (Å²) in [5.41, 5.74) is 0. The molecular weight excluding hydrogens is 253 g/mol. The maximum atomic E-state index is 0. The Labute approximate surface area is 82.4 Å². The molecule has 0 aliphatic heterocycles. The van der Waals surface area contributed by atoms with Crippen molar-refractivity contribution in [3.63, 3.8) is 0 Å². The molecule has 0 fully saturated rings. The topological polar surface area (TPSA) is 207 Å². The van der Waals surface area contributed by atoms with Gasteiger partial charge in [-0.25, -0.2) is 0 Å². The molecule has 0 bridgehead atoms. The largest absolute Gasteiger partial charge is 5.00 e. The molecule has 0 saturated carbocycles. The molecule has 0 rings (SSSR count). The van der Waals surface area contributed by atoms with E-state index in [1.165, 1.54) is 0 Å². The van der Waals surface area contributed by atoms with E-state index in [2.05, 4.69) is 0 Å². The molecule has 9 heavy (non-hydrogen) atoms. The molecule has 9 heteroatoms. The Kier molecular flexibility index (Phi) is 30700. The van der Waals surface area contributed by atoms with E-state index >= 15 is 0 Å². The van der Waals surface area contributed by atoms with Crippen LogP contribution >= 0.6 is 0 Å². The van der Waals surface area contributed by atoms with Gasteiger partial charge in [0.1, 0.15) is 0 Å². The van der Waals surface area contributed by atoms with Gasteiger partial charge >= 0.3 is 44.1 Å². The molecule has 0 unspecified atom stereocenters. The molecule has 0 atom stereocenters. The second-order valence-corrected chi connectivity index (χ2v) is 0. The van der Waals surface area contributed by atoms with Crippen LogP contribution < -0.4 is 0 Å². The normalized spacial score (nSPS) is 0. The SMILES string of the molecule is O.O.[Nb+5].[O-2].[O-2].[O-2].[O-2].[OH-].[Ti+4]. The third-order valence-electron chi connectivity index (χ3n) is 0. The standard InChI is InChI=1S/Nb.3H2O.4O.Ti/h;3*1H2;;;;;/q+5;;;;4*-2;+4/p-1. The van der Waals surface area contributed by atoms with Crippen molar-refractivity contribution >= 4 is 0 Å². The first-order valence-corrected chi connectivity index (χ1v) is 0. The molecule has 0 heterocycles. The molecule has 0 spiro atoms. The summed E-state index contributed by atoms with van der Waals surface area (Å²) < 4.78 is 0. The Bertz CT molecular complexity index is 8.88. The van der Waals surface area contributed by atoms with Crippen LogP contribution in [0.25, 0.3) is 0 Å². The van der Waals surface area contributed by atoms with Gasteiger partial charge in [0.05, 0.1) is 0 Å². The molecule has 0 aliphatic rings. The third kappa shape index (κ3) is 342. The van der Waals surface area contributed by atoms with Crippen LogP contribution in [0.3, 0.4) is 0 Å². The Morgan fingerprint density at radius 2 is 0.556 bits per heavy atom. The fraction of sp³-hybridized carbons (Fsp3) is 0. The van der Waals surface area contributed by atoms with Crippen LogP contribution in [-0.4, -0.2) is 16.4 Å². The maximum Gasteiger partial charge on any atom is 5.00 e. The monoisotopic (exact) mass is 258 g/mol. The molecule has 0 aliphatic carbocycles. The van der Waals surface area contributed by atoms with Crippen LogP contribution in [0, 0.1) is 0 Å². The summed E-state index contributed by atoms with van der Waals surface area (Å²) in [5.74, 6) is 0. The van der Waals surface area contributed by atoms with Crippen LogP contribution in [-0.2, 0) is 66.0 Å². The van der Waals surface area contributed by atoms with E-state index in [-0.39, 0.29) is 82.4 Å². The molecule has 0 aromatic rings. The van der Waals surface area contributed by atoms with Gasteiger partial charge < -0.3 is 38.3 Å². The number of hydrogen-bond acceptors (Lipinski definition) is 1. The first-order chi connectivity index (χ1) is 0. The fourth-order valence-electron chi connectivity index (χ4n) is 0. The Morgan fingerprint density at radius 1 is 0.556 bits per heavy atom. The van der Waals surface area contributed by atoms with Gasteiger partial charge in [0.25, 0.3) is 0 Å². The van der Waals surface area contributed by atoms with E-state index in [0.717, 1.165) is 0 Å². The average molecular weight is 258 g/mol. The maximum absolute atomic E-state index is 0. The van der Waals surface area contributed by atoms with Gasteiger partial charge in [0.2, 0.25) is 0 Å². The van der Waals surface area contributed by atoms with Crippen molar-refractivity contribution in [2.75, 3.05) is 0 Å². The van der Waals surface area contributed by atoms with Crippen molar-refractivity contribution in [3.8, 4) is 0 Å². The summed E-state index contributed by atoms with van der Waals surface area (Å²) in [6, 6.07) is 0. The Hall–Kier alpha value is 1.17. The molecule has 56 valence electrons. The molecule has 7 nitrogen and oxygen atoms in total. The average Bonchev–Trinajstić information content (AvgIpc) is 0. The summed E-state index contributed by atoms with van der Waals surface area (Å²) in [6.07, 6.45) is 0. The summed E-state index contributed by atoms with van der Waals surface area (Å²) in [5, 5.41) is 0. The van der Waals surface area contributed by atoms with Gasteiger partial charge in [0, 0.05) is 0 Å². The van der Waals surface area contributed by atoms with Crippen LogP contribution in [0.2, 0.25) is 0 Å². The van der Waals surface area contributed by atoms with Gasteiger partial charge in [-0.1, -0.05) is 0 Å². The van der Waals surface area contributed by atoms with Gasteiger partial charge in [-0.2, -0.15) is 0 Å². The minimum absolute atomic E-state index is 0.